The molecule has 1 atom stereocenters. The molecule has 1 saturated heterocycles. The van der Waals surface area contributed by atoms with Gasteiger partial charge in [-0.05, 0) is 25.0 Å². The van der Waals surface area contributed by atoms with Crippen molar-refractivity contribution in [2.75, 3.05) is 39.4 Å². The molecule has 1 aromatic carbocycles. The van der Waals surface area contributed by atoms with E-state index in [1.54, 1.807) is 45.0 Å². The number of carbonyl (C=O) groups is 5. The molecule has 0 saturated carbocycles. The molecule has 44 heavy (non-hydrogen) atoms. The molecule has 1 aliphatic heterocycles. The van der Waals surface area contributed by atoms with E-state index >= 15 is 0 Å². The lowest BCUT2D eigenvalue weighted by atomic mass is 9.91. The van der Waals surface area contributed by atoms with Crippen molar-refractivity contribution in [2.24, 2.45) is 5.41 Å². The minimum Gasteiger partial charge on any atom is -0.481 e. The summed E-state index contributed by atoms with van der Waals surface area (Å²) in [6.07, 6.45) is 0.272. The van der Waals surface area contributed by atoms with E-state index < -0.39 is 35.4 Å². The van der Waals surface area contributed by atoms with Crippen molar-refractivity contribution in [3.63, 3.8) is 0 Å². The zero-order chi connectivity index (χ0) is 32.3. The molecule has 1 aromatic heterocycles. The molecular formula is C30H41N5O9. The summed E-state index contributed by atoms with van der Waals surface area (Å²) in [5.74, 6) is -2.31. The van der Waals surface area contributed by atoms with E-state index in [1.165, 1.54) is 20.7 Å². The molecule has 3 rings (SSSR count). The van der Waals surface area contributed by atoms with Gasteiger partial charge in [-0.15, -0.1) is 5.06 Å². The Kier molecular flexibility index (Phi) is 12.3. The Morgan fingerprint density at radius 1 is 1.05 bits per heavy atom. The number of carboxylic acid groups (broad SMARTS) is 1. The standard InChI is InChI=1S/C30H41N5O9/c1-5-6-18-42-29(41)44-34-16-14-33(15-17-34)28(40)22(12-13-26(37)38)31-27(39)23-19-25(43-20-24(36)30(2,3)4)35(32-23)21-10-8-7-9-11-21/h7-11,19,22H,5-6,12-18,20H2,1-4H3,(H,31,39)(H,37,38)/t22-/m0/s1. The van der Waals surface area contributed by atoms with Crippen LogP contribution in [0.5, 0.6) is 5.88 Å². The molecule has 1 aliphatic rings. The van der Waals surface area contributed by atoms with Gasteiger partial charge in [0.25, 0.3) is 5.91 Å². The van der Waals surface area contributed by atoms with Crippen molar-refractivity contribution >= 4 is 29.7 Å². The Balaban J connectivity index is 1.71. The maximum atomic E-state index is 13.4. The number of Topliss-reactive ketones (excluding diaryl/α,β-unsaturated/α-hetero) is 1. The Morgan fingerprint density at radius 3 is 2.34 bits per heavy atom. The second-order valence-electron chi connectivity index (χ2n) is 11.3. The van der Waals surface area contributed by atoms with E-state index in [0.29, 0.717) is 5.69 Å². The molecule has 240 valence electrons. The number of benzene rings is 1. The van der Waals surface area contributed by atoms with Gasteiger partial charge in [-0.1, -0.05) is 52.3 Å². The SMILES string of the molecule is CCCCOC(=O)ON1CCN(C(=O)[C@H](CCC(=O)O)NC(=O)c2cc(OCC(=O)C(C)(C)C)n(-c3ccccc3)n2)CC1. The predicted octanol–water partition coefficient (Wildman–Crippen LogP) is 2.84. The van der Waals surface area contributed by atoms with Crippen molar-refractivity contribution in [1.29, 1.82) is 0 Å². The normalized spacial score (nSPS) is 14.4. The summed E-state index contributed by atoms with van der Waals surface area (Å²) in [6.45, 7) is 8.10. The largest absolute Gasteiger partial charge is 0.527 e. The van der Waals surface area contributed by atoms with E-state index in [-0.39, 0.29) is 69.6 Å². The number of carbonyl (C=O) groups excluding carboxylic acids is 4. The van der Waals surface area contributed by atoms with Gasteiger partial charge >= 0.3 is 12.1 Å². The maximum absolute atomic E-state index is 13.4. The van der Waals surface area contributed by atoms with Crippen LogP contribution in [0.3, 0.4) is 0 Å². The summed E-state index contributed by atoms with van der Waals surface area (Å²) >= 11 is 0. The Labute approximate surface area is 256 Å². The maximum Gasteiger partial charge on any atom is 0.527 e. The molecular weight excluding hydrogens is 574 g/mol. The second-order valence-corrected chi connectivity index (χ2v) is 11.3. The zero-order valence-electron chi connectivity index (χ0n) is 25.6. The van der Waals surface area contributed by atoms with Gasteiger partial charge in [-0.3, -0.25) is 19.2 Å². The number of piperazine rings is 1. The lowest BCUT2D eigenvalue weighted by Gasteiger charge is -2.35. The van der Waals surface area contributed by atoms with Crippen LogP contribution in [0.25, 0.3) is 5.69 Å². The summed E-state index contributed by atoms with van der Waals surface area (Å²) in [6, 6.07) is 9.09. The van der Waals surface area contributed by atoms with Crippen LogP contribution in [-0.2, 0) is 24.0 Å². The predicted molar refractivity (Wildman–Crippen MR) is 157 cm³/mol. The molecule has 2 N–H and O–H groups in total. The first-order valence-corrected chi connectivity index (χ1v) is 14.6. The molecule has 0 unspecified atom stereocenters. The number of amides is 2. The fraction of sp³-hybridized carbons (Fsp3) is 0.533. The highest BCUT2D eigenvalue weighted by molar-refractivity contribution is 5.96. The third-order valence-electron chi connectivity index (χ3n) is 6.82. The van der Waals surface area contributed by atoms with E-state index in [9.17, 15) is 29.1 Å². The highest BCUT2D eigenvalue weighted by Gasteiger charge is 2.31. The number of nitrogens with zero attached hydrogens (tertiary/aromatic N) is 4. The number of ketones is 1. The summed E-state index contributed by atoms with van der Waals surface area (Å²) in [4.78, 5) is 69.1. The summed E-state index contributed by atoms with van der Waals surface area (Å²) in [5.41, 5.74) is -0.136. The van der Waals surface area contributed by atoms with E-state index in [2.05, 4.69) is 10.4 Å². The minimum absolute atomic E-state index is 0.0833. The zero-order valence-corrected chi connectivity index (χ0v) is 25.6. The summed E-state index contributed by atoms with van der Waals surface area (Å²) in [5, 5.41) is 17.7. The molecule has 14 heteroatoms. The molecule has 2 amide bonds. The smallest absolute Gasteiger partial charge is 0.481 e. The fourth-order valence-electron chi connectivity index (χ4n) is 4.10. The number of nitrogens with one attached hydrogen (secondary N) is 1. The molecule has 1 fully saturated rings. The van der Waals surface area contributed by atoms with Crippen LogP contribution in [0.2, 0.25) is 0 Å². The Bertz CT molecular complexity index is 1300. The molecule has 2 aromatic rings. The second kappa shape index (κ2) is 15.8. The van der Waals surface area contributed by atoms with E-state index in [4.69, 9.17) is 14.3 Å². The summed E-state index contributed by atoms with van der Waals surface area (Å²) in [7, 11) is 0. The average Bonchev–Trinajstić information content (AvgIpc) is 3.42. The van der Waals surface area contributed by atoms with Gasteiger partial charge in [0.15, 0.2) is 11.5 Å². The van der Waals surface area contributed by atoms with Crippen molar-refractivity contribution in [2.45, 2.75) is 59.4 Å². The third kappa shape index (κ3) is 10.1. The first kappa shape index (κ1) is 34.0. The van der Waals surface area contributed by atoms with Gasteiger partial charge in [-0.25, -0.2) is 9.48 Å². The van der Waals surface area contributed by atoms with Gasteiger partial charge in [0.1, 0.15) is 12.6 Å². The quantitative estimate of drug-likeness (QED) is 0.237. The Hall–Kier alpha value is -4.46. The van der Waals surface area contributed by atoms with Crippen LogP contribution in [-0.4, -0.2) is 100 Å². The van der Waals surface area contributed by atoms with Crippen LogP contribution < -0.4 is 10.1 Å². The highest BCUT2D eigenvalue weighted by atomic mass is 16.8. The summed E-state index contributed by atoms with van der Waals surface area (Å²) < 4.78 is 12.1. The molecule has 0 spiro atoms. The minimum atomic E-state index is -1.15. The molecule has 0 radical (unpaired) electrons. The van der Waals surface area contributed by atoms with Crippen molar-refractivity contribution in [3.8, 4) is 11.6 Å². The van der Waals surface area contributed by atoms with Gasteiger partial charge in [0, 0.05) is 31.0 Å². The van der Waals surface area contributed by atoms with Crippen LogP contribution in [0.15, 0.2) is 36.4 Å². The first-order chi connectivity index (χ1) is 20.9. The van der Waals surface area contributed by atoms with Gasteiger partial charge in [-0.2, -0.15) is 5.10 Å². The van der Waals surface area contributed by atoms with E-state index in [1.807, 2.05) is 13.0 Å². The number of hydrogen-bond donors (Lipinski definition) is 2. The average molecular weight is 616 g/mol. The number of hydrogen-bond acceptors (Lipinski definition) is 10. The van der Waals surface area contributed by atoms with Gasteiger partial charge < -0.3 is 29.6 Å². The van der Waals surface area contributed by atoms with Crippen LogP contribution in [0, 0.1) is 5.41 Å². The topological polar surface area (TPSA) is 170 Å². The number of para-hydroxylation sites is 1. The lowest BCUT2D eigenvalue weighted by molar-refractivity contribution is -0.158. The molecule has 0 aliphatic carbocycles. The monoisotopic (exact) mass is 615 g/mol. The van der Waals surface area contributed by atoms with E-state index in [0.717, 1.165) is 12.8 Å². The number of hydroxylamine groups is 2. The highest BCUT2D eigenvalue weighted by Crippen LogP contribution is 2.22. The molecule has 0 bridgehead atoms. The molecule has 2 heterocycles. The number of aromatic nitrogens is 2. The number of rotatable bonds is 14. The van der Waals surface area contributed by atoms with Crippen molar-refractivity contribution < 1.29 is 43.4 Å². The van der Waals surface area contributed by atoms with Crippen molar-refractivity contribution in [1.82, 2.24) is 25.1 Å². The van der Waals surface area contributed by atoms with Crippen LogP contribution in [0.4, 0.5) is 4.79 Å². The third-order valence-corrected chi connectivity index (χ3v) is 6.82. The Morgan fingerprint density at radius 2 is 1.73 bits per heavy atom. The van der Waals surface area contributed by atoms with Crippen LogP contribution >= 0.6 is 0 Å². The number of unbranched alkanes of at least 4 members (excludes halogenated alkanes) is 1. The van der Waals surface area contributed by atoms with Crippen molar-refractivity contribution in [3.05, 3.63) is 42.1 Å². The first-order valence-electron chi connectivity index (χ1n) is 14.6. The fourth-order valence-corrected chi connectivity index (χ4v) is 4.10. The lowest BCUT2D eigenvalue weighted by Crippen LogP contribution is -2.55. The van der Waals surface area contributed by atoms with Crippen LogP contribution in [0.1, 0.15) is 63.9 Å². The number of aliphatic carboxylic acids is 1. The molecule has 14 nitrogen and oxygen atoms in total. The van der Waals surface area contributed by atoms with Gasteiger partial charge in [0.2, 0.25) is 11.8 Å². The number of carboxylic acids is 1. The van der Waals surface area contributed by atoms with Gasteiger partial charge in [0.05, 0.1) is 25.4 Å². The number of ether oxygens (including phenoxy) is 2.